The van der Waals surface area contributed by atoms with E-state index in [0.29, 0.717) is 29.6 Å². The molecular formula is C15H13N5O. The number of anilines is 1. The van der Waals surface area contributed by atoms with Gasteiger partial charge in [0.15, 0.2) is 5.65 Å². The minimum absolute atomic E-state index is 0.398. The molecule has 2 aromatic heterocycles. The molecule has 3 aromatic rings. The normalized spacial score (nSPS) is 10.5. The second kappa shape index (κ2) is 5.13. The third kappa shape index (κ3) is 2.37. The first kappa shape index (κ1) is 12.9. The van der Waals surface area contributed by atoms with E-state index in [1.54, 1.807) is 25.3 Å². The van der Waals surface area contributed by atoms with Crippen LogP contribution in [0.2, 0.25) is 0 Å². The number of hydrogen-bond donors (Lipinski definition) is 1. The molecule has 6 nitrogen and oxygen atoms in total. The van der Waals surface area contributed by atoms with Gasteiger partial charge in [0.1, 0.15) is 5.52 Å². The fourth-order valence-corrected chi connectivity index (χ4v) is 2.14. The predicted octanol–water partition coefficient (Wildman–Crippen LogP) is 1.94. The zero-order valence-corrected chi connectivity index (χ0v) is 11.4. The van der Waals surface area contributed by atoms with Gasteiger partial charge in [0.25, 0.3) is 0 Å². The minimum Gasteiger partial charge on any atom is -0.481 e. The molecule has 21 heavy (non-hydrogen) atoms. The highest BCUT2D eigenvalue weighted by Crippen LogP contribution is 2.20. The number of pyridine rings is 1. The molecule has 0 fully saturated rings. The molecule has 0 aliphatic heterocycles. The van der Waals surface area contributed by atoms with Crippen LogP contribution >= 0.6 is 0 Å². The third-order valence-corrected chi connectivity index (χ3v) is 3.23. The number of nitriles is 1. The Morgan fingerprint density at radius 3 is 2.62 bits per heavy atom. The Kier molecular flexibility index (Phi) is 3.16. The van der Waals surface area contributed by atoms with Crippen molar-refractivity contribution in [2.45, 2.75) is 6.54 Å². The lowest BCUT2D eigenvalue weighted by atomic mass is 10.1. The number of nitrogens with two attached hydrogens (primary N) is 1. The Hall–Kier alpha value is -3.07. The third-order valence-electron chi connectivity index (χ3n) is 3.23. The van der Waals surface area contributed by atoms with E-state index in [4.69, 9.17) is 15.7 Å². The summed E-state index contributed by atoms with van der Waals surface area (Å²) in [7, 11) is 1.57. The van der Waals surface area contributed by atoms with Gasteiger partial charge in [-0.3, -0.25) is 4.57 Å². The van der Waals surface area contributed by atoms with E-state index in [-0.39, 0.29) is 0 Å². The number of rotatable bonds is 3. The largest absolute Gasteiger partial charge is 0.481 e. The number of aromatic nitrogens is 3. The maximum Gasteiger partial charge on any atom is 0.215 e. The number of benzene rings is 1. The molecule has 0 atom stereocenters. The van der Waals surface area contributed by atoms with E-state index < -0.39 is 0 Å². The molecule has 3 rings (SSSR count). The number of methoxy groups -OCH3 is 1. The summed E-state index contributed by atoms with van der Waals surface area (Å²) >= 11 is 0. The van der Waals surface area contributed by atoms with Crippen molar-refractivity contribution in [3.05, 3.63) is 47.5 Å². The van der Waals surface area contributed by atoms with Gasteiger partial charge < -0.3 is 10.5 Å². The number of hydrogen-bond acceptors (Lipinski definition) is 5. The average Bonchev–Trinajstić information content (AvgIpc) is 2.83. The lowest BCUT2D eigenvalue weighted by Gasteiger charge is -2.06. The van der Waals surface area contributed by atoms with E-state index in [1.165, 1.54) is 0 Å². The number of ether oxygens (including phenoxy) is 1. The van der Waals surface area contributed by atoms with Crippen molar-refractivity contribution >= 4 is 17.1 Å². The monoisotopic (exact) mass is 279 g/mol. The Morgan fingerprint density at radius 1 is 1.19 bits per heavy atom. The molecule has 0 unspecified atom stereocenters. The number of nitrogens with zero attached hydrogens (tertiary/aromatic N) is 4. The maximum absolute atomic E-state index is 8.82. The standard InChI is InChI=1S/C15H13N5O/c1-21-13-7-6-12-14(19-13)20(15(17)18-12)9-11-4-2-10(8-16)3-5-11/h2-7H,9H2,1H3,(H2,17,18). The van der Waals surface area contributed by atoms with Crippen LogP contribution in [0.15, 0.2) is 36.4 Å². The number of imidazole rings is 1. The Morgan fingerprint density at radius 2 is 1.95 bits per heavy atom. The fourth-order valence-electron chi connectivity index (χ4n) is 2.14. The summed E-state index contributed by atoms with van der Waals surface area (Å²) in [6, 6.07) is 13.0. The van der Waals surface area contributed by atoms with Gasteiger partial charge in [0, 0.05) is 6.07 Å². The molecule has 2 heterocycles. The zero-order chi connectivity index (χ0) is 14.8. The van der Waals surface area contributed by atoms with Crippen molar-refractivity contribution in [2.75, 3.05) is 12.8 Å². The first-order valence-electron chi connectivity index (χ1n) is 6.37. The van der Waals surface area contributed by atoms with E-state index in [0.717, 1.165) is 11.1 Å². The van der Waals surface area contributed by atoms with Crippen molar-refractivity contribution < 1.29 is 4.74 Å². The molecule has 0 spiro atoms. The minimum atomic E-state index is 0.398. The summed E-state index contributed by atoms with van der Waals surface area (Å²) in [4.78, 5) is 8.68. The Bertz CT molecular complexity index is 830. The molecule has 104 valence electrons. The molecule has 2 N–H and O–H groups in total. The van der Waals surface area contributed by atoms with Gasteiger partial charge in [-0.2, -0.15) is 10.2 Å². The number of fused-ring (bicyclic) bond motifs is 1. The van der Waals surface area contributed by atoms with E-state index in [2.05, 4.69) is 16.0 Å². The van der Waals surface area contributed by atoms with Gasteiger partial charge in [-0.25, -0.2) is 4.98 Å². The van der Waals surface area contributed by atoms with Crippen LogP contribution in [0.3, 0.4) is 0 Å². The molecule has 1 aromatic carbocycles. The first-order valence-corrected chi connectivity index (χ1v) is 6.37. The summed E-state index contributed by atoms with van der Waals surface area (Å²) in [5.41, 5.74) is 9.01. The van der Waals surface area contributed by atoms with E-state index in [9.17, 15) is 0 Å². The quantitative estimate of drug-likeness (QED) is 0.791. The maximum atomic E-state index is 8.82. The van der Waals surface area contributed by atoms with Gasteiger partial charge in [-0.05, 0) is 23.8 Å². The van der Waals surface area contributed by atoms with Crippen molar-refractivity contribution in [1.29, 1.82) is 5.26 Å². The molecular weight excluding hydrogens is 266 g/mol. The van der Waals surface area contributed by atoms with Gasteiger partial charge in [-0.15, -0.1) is 0 Å². The summed E-state index contributed by atoms with van der Waals surface area (Å²) < 4.78 is 6.96. The van der Waals surface area contributed by atoms with Crippen molar-refractivity contribution in [3.63, 3.8) is 0 Å². The van der Waals surface area contributed by atoms with Crippen LogP contribution in [0.25, 0.3) is 11.2 Å². The molecule has 0 bridgehead atoms. The van der Waals surface area contributed by atoms with Gasteiger partial charge in [-0.1, -0.05) is 12.1 Å². The van der Waals surface area contributed by atoms with Crippen molar-refractivity contribution in [3.8, 4) is 11.9 Å². The van der Waals surface area contributed by atoms with Crippen molar-refractivity contribution in [2.24, 2.45) is 0 Å². The van der Waals surface area contributed by atoms with Crippen LogP contribution in [-0.4, -0.2) is 21.6 Å². The van der Waals surface area contributed by atoms with Crippen LogP contribution in [-0.2, 0) is 6.54 Å². The van der Waals surface area contributed by atoms with Crippen LogP contribution in [0, 0.1) is 11.3 Å². The zero-order valence-electron chi connectivity index (χ0n) is 11.4. The van der Waals surface area contributed by atoms with Crippen LogP contribution in [0.5, 0.6) is 5.88 Å². The van der Waals surface area contributed by atoms with Crippen LogP contribution < -0.4 is 10.5 Å². The summed E-state index contributed by atoms with van der Waals surface area (Å²) in [6.45, 7) is 0.536. The van der Waals surface area contributed by atoms with E-state index in [1.807, 2.05) is 22.8 Å². The number of nitrogen functional groups attached to an aromatic ring is 1. The second-order valence-electron chi connectivity index (χ2n) is 4.56. The molecule has 0 aliphatic carbocycles. The average molecular weight is 279 g/mol. The van der Waals surface area contributed by atoms with Gasteiger partial charge in [0.05, 0.1) is 25.3 Å². The highest BCUT2D eigenvalue weighted by Gasteiger charge is 2.11. The predicted molar refractivity (Wildman–Crippen MR) is 78.8 cm³/mol. The SMILES string of the molecule is COc1ccc2nc(N)n(Cc3ccc(C#N)cc3)c2n1. The van der Waals surface area contributed by atoms with Gasteiger partial charge in [0.2, 0.25) is 11.8 Å². The molecule has 0 aliphatic rings. The topological polar surface area (TPSA) is 89.8 Å². The van der Waals surface area contributed by atoms with Gasteiger partial charge >= 0.3 is 0 Å². The van der Waals surface area contributed by atoms with Crippen LogP contribution in [0.4, 0.5) is 5.95 Å². The summed E-state index contributed by atoms with van der Waals surface area (Å²) in [6.07, 6.45) is 0. The highest BCUT2D eigenvalue weighted by atomic mass is 16.5. The molecule has 0 saturated heterocycles. The first-order chi connectivity index (χ1) is 10.2. The summed E-state index contributed by atoms with van der Waals surface area (Å²) in [5.74, 6) is 0.915. The lowest BCUT2D eigenvalue weighted by Crippen LogP contribution is -2.05. The lowest BCUT2D eigenvalue weighted by molar-refractivity contribution is 0.399. The fraction of sp³-hybridized carbons (Fsp3) is 0.133. The Balaban J connectivity index is 2.02. The molecule has 6 heteroatoms. The highest BCUT2D eigenvalue weighted by molar-refractivity contribution is 5.75. The van der Waals surface area contributed by atoms with Crippen LogP contribution in [0.1, 0.15) is 11.1 Å². The second-order valence-corrected chi connectivity index (χ2v) is 4.56. The summed E-state index contributed by atoms with van der Waals surface area (Å²) in [5, 5.41) is 8.82. The smallest absolute Gasteiger partial charge is 0.215 e. The molecule has 0 radical (unpaired) electrons. The molecule has 0 saturated carbocycles. The van der Waals surface area contributed by atoms with E-state index >= 15 is 0 Å². The Labute approximate surface area is 121 Å². The molecule has 0 amide bonds. The van der Waals surface area contributed by atoms with Crippen molar-refractivity contribution in [1.82, 2.24) is 14.5 Å².